The maximum Gasteiger partial charge on any atom is 0.00837 e. The molecule has 58 valence electrons. The van der Waals surface area contributed by atoms with Gasteiger partial charge >= 0.3 is 0 Å². The summed E-state index contributed by atoms with van der Waals surface area (Å²) in [4.78, 5) is 0. The Balaban J connectivity index is 1.85. The zero-order chi connectivity index (χ0) is 6.81. The molecule has 0 bridgehead atoms. The minimum atomic E-state index is 1.05. The van der Waals surface area contributed by atoms with E-state index in [4.69, 9.17) is 0 Å². The van der Waals surface area contributed by atoms with Crippen LogP contribution in [0.15, 0.2) is 0 Å². The summed E-state index contributed by atoms with van der Waals surface area (Å²) in [6.07, 6.45) is 4.49. The normalized spacial score (nSPS) is 40.8. The summed E-state index contributed by atoms with van der Waals surface area (Å²) in [6.45, 7) is 0. The highest BCUT2D eigenvalue weighted by atomic mass is 32.2. The van der Waals surface area contributed by atoms with Gasteiger partial charge in [-0.05, 0) is 42.4 Å². The lowest BCUT2D eigenvalue weighted by Crippen LogP contribution is -2.12. The Bertz CT molecular complexity index is 87.8. The second-order valence-corrected chi connectivity index (χ2v) is 5.67. The molecule has 0 amide bonds. The van der Waals surface area contributed by atoms with Gasteiger partial charge in [0.25, 0.3) is 0 Å². The molecule has 10 heavy (non-hydrogen) atoms. The first-order chi connectivity index (χ1) is 4.97. The van der Waals surface area contributed by atoms with Gasteiger partial charge in [-0.25, -0.2) is 0 Å². The summed E-state index contributed by atoms with van der Waals surface area (Å²) in [6, 6.07) is 0. The lowest BCUT2D eigenvalue weighted by atomic mass is 10.0. The number of hydrogen-bond donors (Lipinski definition) is 0. The van der Waals surface area contributed by atoms with Crippen LogP contribution in [0, 0.1) is 5.92 Å². The largest absolute Gasteiger partial charge is 0.162 e. The first kappa shape index (κ1) is 7.35. The summed E-state index contributed by atoms with van der Waals surface area (Å²) in [7, 11) is 0. The zero-order valence-corrected chi connectivity index (χ0v) is 7.85. The monoisotopic (exact) mass is 174 g/mol. The van der Waals surface area contributed by atoms with Crippen LogP contribution in [-0.4, -0.2) is 22.5 Å². The molecule has 0 radical (unpaired) electrons. The van der Waals surface area contributed by atoms with E-state index in [0.717, 1.165) is 11.2 Å². The van der Waals surface area contributed by atoms with E-state index in [0.29, 0.717) is 0 Å². The van der Waals surface area contributed by atoms with Gasteiger partial charge in [-0.15, -0.1) is 0 Å². The predicted molar refractivity (Wildman–Crippen MR) is 50.9 cm³/mol. The van der Waals surface area contributed by atoms with Crippen molar-refractivity contribution in [2.45, 2.75) is 24.5 Å². The quantitative estimate of drug-likeness (QED) is 0.599. The first-order valence-corrected chi connectivity index (χ1v) is 6.36. The van der Waals surface area contributed by atoms with E-state index >= 15 is 0 Å². The molecule has 0 aliphatic carbocycles. The molecular weight excluding hydrogens is 160 g/mol. The van der Waals surface area contributed by atoms with E-state index in [2.05, 4.69) is 23.5 Å². The third kappa shape index (κ3) is 1.48. The Morgan fingerprint density at radius 1 is 1.10 bits per heavy atom. The molecule has 2 heterocycles. The van der Waals surface area contributed by atoms with Crippen LogP contribution in [0.5, 0.6) is 0 Å². The fourth-order valence-electron chi connectivity index (χ4n) is 1.82. The zero-order valence-electron chi connectivity index (χ0n) is 6.21. The molecular formula is C8H14S2. The molecule has 2 heteroatoms. The summed E-state index contributed by atoms with van der Waals surface area (Å²) >= 11 is 4.38. The molecule has 0 aromatic carbocycles. The Hall–Kier alpha value is 0.700. The smallest absolute Gasteiger partial charge is 0.00837 e. The second-order valence-electron chi connectivity index (χ2n) is 3.18. The van der Waals surface area contributed by atoms with Crippen LogP contribution < -0.4 is 0 Å². The first-order valence-electron chi connectivity index (χ1n) is 4.16. The van der Waals surface area contributed by atoms with E-state index in [-0.39, 0.29) is 0 Å². The van der Waals surface area contributed by atoms with E-state index in [1.165, 1.54) is 36.5 Å². The van der Waals surface area contributed by atoms with Gasteiger partial charge in [0.15, 0.2) is 0 Å². The molecule has 0 nitrogen and oxygen atoms in total. The SMILES string of the molecule is C1CS[C@H]([C@H]2CCSC2)C1. The molecule has 2 fully saturated rings. The molecule has 2 atom stereocenters. The van der Waals surface area contributed by atoms with Crippen LogP contribution >= 0.6 is 23.5 Å². The van der Waals surface area contributed by atoms with Crippen molar-refractivity contribution in [3.8, 4) is 0 Å². The number of hydrogen-bond acceptors (Lipinski definition) is 2. The fraction of sp³-hybridized carbons (Fsp3) is 1.00. The van der Waals surface area contributed by atoms with Gasteiger partial charge < -0.3 is 0 Å². The van der Waals surface area contributed by atoms with Crippen LogP contribution in [0.4, 0.5) is 0 Å². The minimum absolute atomic E-state index is 1.05. The number of rotatable bonds is 1. The summed E-state index contributed by atoms with van der Waals surface area (Å²) in [5.41, 5.74) is 0. The van der Waals surface area contributed by atoms with Crippen molar-refractivity contribution in [1.82, 2.24) is 0 Å². The topological polar surface area (TPSA) is 0 Å². The van der Waals surface area contributed by atoms with E-state index in [9.17, 15) is 0 Å². The Kier molecular flexibility index (Phi) is 2.50. The minimum Gasteiger partial charge on any atom is -0.162 e. The standard InChI is InChI=1S/C8H14S2/c1-2-8(10-4-1)7-3-5-9-6-7/h7-8H,1-6H2/t7-,8-/m0/s1. The van der Waals surface area contributed by atoms with Gasteiger partial charge in [0.05, 0.1) is 0 Å². The summed E-state index contributed by atoms with van der Waals surface area (Å²) in [5, 5.41) is 1.05. The van der Waals surface area contributed by atoms with Crippen molar-refractivity contribution >= 4 is 23.5 Å². The highest BCUT2D eigenvalue weighted by molar-refractivity contribution is 8.00. The van der Waals surface area contributed by atoms with Crippen molar-refractivity contribution < 1.29 is 0 Å². The number of thioether (sulfide) groups is 2. The van der Waals surface area contributed by atoms with Crippen molar-refractivity contribution in [2.75, 3.05) is 17.3 Å². The Morgan fingerprint density at radius 3 is 2.70 bits per heavy atom. The third-order valence-electron chi connectivity index (χ3n) is 2.46. The molecule has 2 aliphatic rings. The summed E-state index contributed by atoms with van der Waals surface area (Å²) < 4.78 is 0. The molecule has 2 aliphatic heterocycles. The second kappa shape index (κ2) is 3.40. The van der Waals surface area contributed by atoms with Crippen LogP contribution in [0.1, 0.15) is 19.3 Å². The van der Waals surface area contributed by atoms with Crippen molar-refractivity contribution in [2.24, 2.45) is 5.92 Å². The average Bonchev–Trinajstić information content (AvgIpc) is 2.59. The molecule has 0 unspecified atom stereocenters. The fourth-order valence-corrected chi connectivity index (χ4v) is 4.75. The van der Waals surface area contributed by atoms with Crippen molar-refractivity contribution in [3.63, 3.8) is 0 Å². The maximum absolute atomic E-state index is 2.23. The maximum atomic E-state index is 2.23. The van der Waals surface area contributed by atoms with Gasteiger partial charge in [-0.2, -0.15) is 23.5 Å². The Morgan fingerprint density at radius 2 is 2.10 bits per heavy atom. The highest BCUT2D eigenvalue weighted by Gasteiger charge is 2.27. The Labute approximate surface area is 71.5 Å². The van der Waals surface area contributed by atoms with Crippen molar-refractivity contribution in [3.05, 3.63) is 0 Å². The highest BCUT2D eigenvalue weighted by Crippen LogP contribution is 2.38. The third-order valence-corrected chi connectivity index (χ3v) is 5.22. The molecule has 2 saturated heterocycles. The molecule has 0 aromatic rings. The average molecular weight is 174 g/mol. The van der Waals surface area contributed by atoms with E-state index in [1.807, 2.05) is 0 Å². The van der Waals surface area contributed by atoms with Crippen LogP contribution in [-0.2, 0) is 0 Å². The molecule has 0 spiro atoms. The lowest BCUT2D eigenvalue weighted by Gasteiger charge is -2.14. The van der Waals surface area contributed by atoms with Gasteiger partial charge in [0, 0.05) is 5.25 Å². The van der Waals surface area contributed by atoms with E-state index < -0.39 is 0 Å². The predicted octanol–water partition coefficient (Wildman–Crippen LogP) is 2.64. The molecule has 2 rings (SSSR count). The van der Waals surface area contributed by atoms with Crippen LogP contribution in [0.3, 0.4) is 0 Å². The molecule has 0 aromatic heterocycles. The molecule has 0 N–H and O–H groups in total. The van der Waals surface area contributed by atoms with Gasteiger partial charge in [0.2, 0.25) is 0 Å². The van der Waals surface area contributed by atoms with Gasteiger partial charge in [0.1, 0.15) is 0 Å². The lowest BCUT2D eigenvalue weighted by molar-refractivity contribution is 0.550. The summed E-state index contributed by atoms with van der Waals surface area (Å²) in [5.74, 6) is 5.41. The van der Waals surface area contributed by atoms with Crippen LogP contribution in [0.2, 0.25) is 0 Å². The van der Waals surface area contributed by atoms with Crippen molar-refractivity contribution in [1.29, 1.82) is 0 Å². The molecule has 0 saturated carbocycles. The van der Waals surface area contributed by atoms with E-state index in [1.54, 1.807) is 0 Å². The van der Waals surface area contributed by atoms with Gasteiger partial charge in [-0.1, -0.05) is 0 Å². The van der Waals surface area contributed by atoms with Gasteiger partial charge in [-0.3, -0.25) is 0 Å². The van der Waals surface area contributed by atoms with Crippen LogP contribution in [0.25, 0.3) is 0 Å².